The molecule has 1 N–H and O–H groups in total. The van der Waals surface area contributed by atoms with E-state index in [1.807, 2.05) is 25.3 Å². The molecule has 0 aliphatic heterocycles. The molecule has 5 nitrogen and oxygen atoms in total. The number of pyridine rings is 1. The normalized spacial score (nSPS) is 10.4. The average molecular weight is 231 g/mol. The molecule has 2 rings (SSSR count). The van der Waals surface area contributed by atoms with Crippen LogP contribution in [0.4, 0.5) is 0 Å². The van der Waals surface area contributed by atoms with Gasteiger partial charge in [-0.3, -0.25) is 4.79 Å². The first-order chi connectivity index (χ1) is 8.16. The van der Waals surface area contributed by atoms with Gasteiger partial charge in [0.15, 0.2) is 5.82 Å². The number of carboxylic acids is 1. The lowest BCUT2D eigenvalue weighted by Gasteiger charge is -2.02. The van der Waals surface area contributed by atoms with Gasteiger partial charge in [-0.1, -0.05) is 6.07 Å². The third kappa shape index (κ3) is 2.69. The summed E-state index contributed by atoms with van der Waals surface area (Å²) in [7, 11) is 0. The van der Waals surface area contributed by atoms with Crippen molar-refractivity contribution in [3.8, 4) is 5.82 Å². The van der Waals surface area contributed by atoms with Crippen molar-refractivity contribution in [1.29, 1.82) is 0 Å². The van der Waals surface area contributed by atoms with E-state index in [0.29, 0.717) is 6.42 Å². The summed E-state index contributed by atoms with van der Waals surface area (Å²) in [6, 6.07) is 3.83. The van der Waals surface area contributed by atoms with Crippen LogP contribution in [0.1, 0.15) is 17.5 Å². The lowest BCUT2D eigenvalue weighted by Crippen LogP contribution is -2.00. The van der Waals surface area contributed by atoms with Crippen LogP contribution in [0.5, 0.6) is 0 Å². The molecule has 0 aliphatic rings. The topological polar surface area (TPSA) is 68.0 Å². The number of aliphatic carboxylic acids is 1. The fraction of sp³-hybridized carbons (Fsp3) is 0.250. The standard InChI is InChI=1S/C12H13N3O2/c1-9-3-2-6-13-12(9)15-8-10(7-14-15)4-5-11(16)17/h2-3,6-8H,4-5H2,1H3,(H,16,17). The summed E-state index contributed by atoms with van der Waals surface area (Å²) in [4.78, 5) is 14.7. The highest BCUT2D eigenvalue weighted by Crippen LogP contribution is 2.11. The molecular formula is C12H13N3O2. The Kier molecular flexibility index (Phi) is 3.18. The van der Waals surface area contributed by atoms with E-state index in [-0.39, 0.29) is 6.42 Å². The minimum absolute atomic E-state index is 0.118. The summed E-state index contributed by atoms with van der Waals surface area (Å²) < 4.78 is 1.67. The van der Waals surface area contributed by atoms with Crippen molar-refractivity contribution >= 4 is 5.97 Å². The van der Waals surface area contributed by atoms with Crippen LogP contribution in [0, 0.1) is 6.92 Å². The molecule has 2 aromatic rings. The van der Waals surface area contributed by atoms with E-state index in [1.165, 1.54) is 0 Å². The number of aromatic nitrogens is 3. The zero-order chi connectivity index (χ0) is 12.3. The quantitative estimate of drug-likeness (QED) is 0.867. The SMILES string of the molecule is Cc1cccnc1-n1cc(CCC(=O)O)cn1. The molecule has 5 heteroatoms. The fourth-order valence-electron chi connectivity index (χ4n) is 1.57. The fourth-order valence-corrected chi connectivity index (χ4v) is 1.57. The van der Waals surface area contributed by atoms with Crippen LogP contribution in [-0.2, 0) is 11.2 Å². The van der Waals surface area contributed by atoms with Crippen molar-refractivity contribution in [3.05, 3.63) is 41.9 Å². The molecule has 2 heterocycles. The molecular weight excluding hydrogens is 218 g/mol. The Bertz CT molecular complexity index is 534. The number of aryl methyl sites for hydroxylation is 2. The van der Waals surface area contributed by atoms with Crippen molar-refractivity contribution in [2.45, 2.75) is 19.8 Å². The molecule has 2 aromatic heterocycles. The van der Waals surface area contributed by atoms with Crippen LogP contribution in [0.3, 0.4) is 0 Å². The van der Waals surface area contributed by atoms with Crippen molar-refractivity contribution in [3.63, 3.8) is 0 Å². The molecule has 0 atom stereocenters. The van der Waals surface area contributed by atoms with Crippen molar-refractivity contribution in [2.24, 2.45) is 0 Å². The van der Waals surface area contributed by atoms with E-state index in [9.17, 15) is 4.79 Å². The van der Waals surface area contributed by atoms with E-state index >= 15 is 0 Å². The van der Waals surface area contributed by atoms with Crippen molar-refractivity contribution < 1.29 is 9.90 Å². The molecule has 0 spiro atoms. The van der Waals surface area contributed by atoms with Gasteiger partial charge >= 0.3 is 5.97 Å². The zero-order valence-corrected chi connectivity index (χ0v) is 9.50. The van der Waals surface area contributed by atoms with Gasteiger partial charge in [-0.25, -0.2) is 9.67 Å². The van der Waals surface area contributed by atoms with Crippen LogP contribution in [0.25, 0.3) is 5.82 Å². The summed E-state index contributed by atoms with van der Waals surface area (Å²) in [5.41, 5.74) is 1.93. The number of carboxylic acid groups (broad SMARTS) is 1. The highest BCUT2D eigenvalue weighted by atomic mass is 16.4. The van der Waals surface area contributed by atoms with Crippen molar-refractivity contribution in [2.75, 3.05) is 0 Å². The minimum atomic E-state index is -0.799. The highest BCUT2D eigenvalue weighted by molar-refractivity contribution is 5.67. The van der Waals surface area contributed by atoms with Gasteiger partial charge in [0.2, 0.25) is 0 Å². The second kappa shape index (κ2) is 4.78. The van der Waals surface area contributed by atoms with E-state index in [0.717, 1.165) is 16.9 Å². The number of rotatable bonds is 4. The molecule has 0 saturated heterocycles. The molecule has 88 valence electrons. The smallest absolute Gasteiger partial charge is 0.303 e. The van der Waals surface area contributed by atoms with Gasteiger partial charge in [-0.05, 0) is 30.5 Å². The van der Waals surface area contributed by atoms with Crippen LogP contribution in [0.2, 0.25) is 0 Å². The second-order valence-electron chi connectivity index (χ2n) is 3.83. The van der Waals surface area contributed by atoms with Gasteiger partial charge < -0.3 is 5.11 Å². The molecule has 0 amide bonds. The highest BCUT2D eigenvalue weighted by Gasteiger charge is 2.05. The summed E-state index contributed by atoms with van der Waals surface area (Å²) in [5, 5.41) is 12.8. The molecule has 0 unspecified atom stereocenters. The molecule has 0 saturated carbocycles. The maximum Gasteiger partial charge on any atom is 0.303 e. The molecule has 17 heavy (non-hydrogen) atoms. The number of hydrogen-bond acceptors (Lipinski definition) is 3. The van der Waals surface area contributed by atoms with E-state index < -0.39 is 5.97 Å². The molecule has 0 aliphatic carbocycles. The van der Waals surface area contributed by atoms with Gasteiger partial charge in [-0.2, -0.15) is 5.10 Å². The zero-order valence-electron chi connectivity index (χ0n) is 9.50. The Balaban J connectivity index is 2.18. The third-order valence-corrected chi connectivity index (χ3v) is 2.46. The average Bonchev–Trinajstić information content (AvgIpc) is 2.75. The summed E-state index contributed by atoms with van der Waals surface area (Å²) in [5.74, 6) is -0.0270. The molecule has 0 fully saturated rings. The van der Waals surface area contributed by atoms with Gasteiger partial charge in [-0.15, -0.1) is 0 Å². The predicted molar refractivity (Wildman–Crippen MR) is 62.1 cm³/mol. The van der Waals surface area contributed by atoms with Gasteiger partial charge in [0.1, 0.15) is 0 Å². The van der Waals surface area contributed by atoms with Gasteiger partial charge in [0.05, 0.1) is 6.20 Å². The Morgan fingerprint density at radius 2 is 2.35 bits per heavy atom. The van der Waals surface area contributed by atoms with E-state index in [4.69, 9.17) is 5.11 Å². The largest absolute Gasteiger partial charge is 0.481 e. The van der Waals surface area contributed by atoms with Crippen LogP contribution in [0.15, 0.2) is 30.7 Å². The van der Waals surface area contributed by atoms with Crippen molar-refractivity contribution in [1.82, 2.24) is 14.8 Å². The Hall–Kier alpha value is -2.17. The summed E-state index contributed by atoms with van der Waals surface area (Å²) >= 11 is 0. The monoisotopic (exact) mass is 231 g/mol. The summed E-state index contributed by atoms with van der Waals surface area (Å²) in [6.07, 6.45) is 5.81. The third-order valence-electron chi connectivity index (χ3n) is 2.46. The van der Waals surface area contributed by atoms with Gasteiger partial charge in [0.25, 0.3) is 0 Å². The molecule has 0 bridgehead atoms. The Morgan fingerprint density at radius 3 is 3.06 bits per heavy atom. The lowest BCUT2D eigenvalue weighted by atomic mass is 10.2. The predicted octanol–water partition coefficient (Wildman–Crippen LogP) is 1.59. The van der Waals surface area contributed by atoms with Crippen LogP contribution < -0.4 is 0 Å². The maximum atomic E-state index is 10.5. The first-order valence-corrected chi connectivity index (χ1v) is 5.34. The first-order valence-electron chi connectivity index (χ1n) is 5.34. The van der Waals surface area contributed by atoms with E-state index in [1.54, 1.807) is 17.1 Å². The second-order valence-corrected chi connectivity index (χ2v) is 3.83. The van der Waals surface area contributed by atoms with E-state index in [2.05, 4.69) is 10.1 Å². The Morgan fingerprint density at radius 1 is 1.53 bits per heavy atom. The molecule has 0 radical (unpaired) electrons. The molecule has 0 aromatic carbocycles. The Labute approximate surface area is 98.7 Å². The minimum Gasteiger partial charge on any atom is -0.481 e. The first kappa shape index (κ1) is 11.3. The lowest BCUT2D eigenvalue weighted by molar-refractivity contribution is -0.136. The number of hydrogen-bond donors (Lipinski definition) is 1. The van der Waals surface area contributed by atoms with Crippen LogP contribution in [-0.4, -0.2) is 25.8 Å². The van der Waals surface area contributed by atoms with Gasteiger partial charge in [0, 0.05) is 18.8 Å². The van der Waals surface area contributed by atoms with Crippen LogP contribution >= 0.6 is 0 Å². The number of nitrogens with zero attached hydrogens (tertiary/aromatic N) is 3. The number of carbonyl (C=O) groups is 1. The summed E-state index contributed by atoms with van der Waals surface area (Å²) in [6.45, 7) is 1.96. The maximum absolute atomic E-state index is 10.5.